The van der Waals surface area contributed by atoms with E-state index in [0.717, 1.165) is 31.2 Å². The Hall–Kier alpha value is -1.13. The minimum Gasteiger partial charge on any atom is -0.327 e. The number of aryl methyl sites for hydroxylation is 1. The van der Waals surface area contributed by atoms with Crippen LogP contribution in [0.3, 0.4) is 0 Å². The molecule has 2 rings (SSSR count). The van der Waals surface area contributed by atoms with Crippen LogP contribution in [0.5, 0.6) is 0 Å². The number of nitrogens with one attached hydrogen (secondary N) is 1. The number of carbonyl (C=O) groups is 1. The van der Waals surface area contributed by atoms with E-state index in [1.165, 1.54) is 6.07 Å². The first-order chi connectivity index (χ1) is 9.06. The Morgan fingerprint density at radius 2 is 2.10 bits per heavy atom. The first kappa shape index (κ1) is 16.9. The normalized spacial score (nSPS) is 21.9. The monoisotopic (exact) mass is 300 g/mol. The van der Waals surface area contributed by atoms with Crippen molar-refractivity contribution in [3.05, 3.63) is 29.6 Å². The Balaban J connectivity index is 0.00000200. The summed E-state index contributed by atoms with van der Waals surface area (Å²) in [7, 11) is 0. The zero-order chi connectivity index (χ0) is 13.8. The number of hydrogen-bond donors (Lipinski definition) is 2. The van der Waals surface area contributed by atoms with Gasteiger partial charge in [0.05, 0.1) is 5.69 Å². The van der Waals surface area contributed by atoms with Gasteiger partial charge in [0.2, 0.25) is 5.91 Å². The summed E-state index contributed by atoms with van der Waals surface area (Å²) in [6.45, 7) is 1.87. The molecule has 0 radical (unpaired) electrons. The molecule has 1 aromatic carbocycles. The van der Waals surface area contributed by atoms with Crippen molar-refractivity contribution in [1.29, 1.82) is 0 Å². The van der Waals surface area contributed by atoms with Crippen LogP contribution in [0, 0.1) is 18.7 Å². The third-order valence-electron chi connectivity index (χ3n) is 3.81. The fraction of sp³-hybridized carbons (Fsp3) is 0.533. The Morgan fingerprint density at radius 1 is 1.40 bits per heavy atom. The number of benzene rings is 1. The van der Waals surface area contributed by atoms with Crippen molar-refractivity contribution in [1.82, 2.24) is 0 Å². The highest BCUT2D eigenvalue weighted by atomic mass is 35.5. The third kappa shape index (κ3) is 4.46. The van der Waals surface area contributed by atoms with Crippen molar-refractivity contribution in [3.8, 4) is 0 Å². The van der Waals surface area contributed by atoms with Gasteiger partial charge in [0.15, 0.2) is 0 Å². The van der Waals surface area contributed by atoms with Crippen molar-refractivity contribution in [2.45, 2.75) is 45.1 Å². The van der Waals surface area contributed by atoms with Crippen molar-refractivity contribution < 1.29 is 9.18 Å². The number of amides is 1. The van der Waals surface area contributed by atoms with E-state index in [4.69, 9.17) is 5.73 Å². The molecule has 0 heterocycles. The molecular weight excluding hydrogens is 279 g/mol. The van der Waals surface area contributed by atoms with Gasteiger partial charge < -0.3 is 11.1 Å². The van der Waals surface area contributed by atoms with E-state index < -0.39 is 5.82 Å². The standard InChI is InChI=1S/C15H21FN2O.ClH/c1-10-6-7-12(16)14(8-10)18-15(19)9-11-4-2-3-5-13(11)17;/h6-8,11,13H,2-5,9,17H2,1H3,(H,18,19);1H. The second-order valence-electron chi connectivity index (χ2n) is 5.44. The SMILES string of the molecule is Cc1ccc(F)c(NC(=O)CC2CCCCC2N)c1.Cl. The highest BCUT2D eigenvalue weighted by molar-refractivity contribution is 5.91. The molecule has 112 valence electrons. The van der Waals surface area contributed by atoms with E-state index in [1.54, 1.807) is 12.1 Å². The minimum atomic E-state index is -0.396. The van der Waals surface area contributed by atoms with E-state index in [9.17, 15) is 9.18 Å². The number of halogens is 2. The molecule has 3 nitrogen and oxygen atoms in total. The molecule has 1 aromatic rings. The smallest absolute Gasteiger partial charge is 0.224 e. The third-order valence-corrected chi connectivity index (χ3v) is 3.81. The van der Waals surface area contributed by atoms with Gasteiger partial charge in [-0.1, -0.05) is 18.9 Å². The van der Waals surface area contributed by atoms with E-state index in [0.29, 0.717) is 6.42 Å². The molecular formula is C15H22ClFN2O. The number of anilines is 1. The number of nitrogens with two attached hydrogens (primary N) is 1. The second kappa shape index (κ2) is 7.60. The van der Waals surface area contributed by atoms with E-state index in [-0.39, 0.29) is 36.0 Å². The van der Waals surface area contributed by atoms with Crippen LogP contribution in [0.2, 0.25) is 0 Å². The topological polar surface area (TPSA) is 55.1 Å². The Bertz CT molecular complexity index is 467. The van der Waals surface area contributed by atoms with Gasteiger partial charge in [-0.2, -0.15) is 0 Å². The van der Waals surface area contributed by atoms with Gasteiger partial charge in [0, 0.05) is 12.5 Å². The van der Waals surface area contributed by atoms with Crippen LogP contribution in [-0.2, 0) is 4.79 Å². The highest BCUT2D eigenvalue weighted by Crippen LogP contribution is 2.26. The van der Waals surface area contributed by atoms with Crippen molar-refractivity contribution in [2.24, 2.45) is 11.7 Å². The molecule has 1 amide bonds. The maximum absolute atomic E-state index is 13.5. The Labute approximate surface area is 125 Å². The first-order valence-electron chi connectivity index (χ1n) is 6.88. The summed E-state index contributed by atoms with van der Waals surface area (Å²) >= 11 is 0. The molecule has 1 aliphatic carbocycles. The zero-order valence-corrected chi connectivity index (χ0v) is 12.5. The molecule has 1 aliphatic rings. The number of carbonyl (C=O) groups excluding carboxylic acids is 1. The molecule has 1 saturated carbocycles. The molecule has 20 heavy (non-hydrogen) atoms. The molecule has 0 aliphatic heterocycles. The van der Waals surface area contributed by atoms with E-state index in [2.05, 4.69) is 5.32 Å². The lowest BCUT2D eigenvalue weighted by atomic mass is 9.83. The molecule has 2 unspecified atom stereocenters. The zero-order valence-electron chi connectivity index (χ0n) is 11.7. The Kier molecular flexibility index (Phi) is 6.43. The van der Waals surface area contributed by atoms with Crippen LogP contribution < -0.4 is 11.1 Å². The van der Waals surface area contributed by atoms with Crippen molar-refractivity contribution in [3.63, 3.8) is 0 Å². The summed E-state index contributed by atoms with van der Waals surface area (Å²) in [4.78, 5) is 12.0. The van der Waals surface area contributed by atoms with Crippen LogP contribution in [-0.4, -0.2) is 11.9 Å². The van der Waals surface area contributed by atoms with E-state index >= 15 is 0 Å². The predicted octanol–water partition coefficient (Wildman–Crippen LogP) is 3.40. The van der Waals surface area contributed by atoms with Crippen LogP contribution in [0.15, 0.2) is 18.2 Å². The molecule has 0 spiro atoms. The molecule has 0 saturated heterocycles. The fourth-order valence-corrected chi connectivity index (χ4v) is 2.66. The van der Waals surface area contributed by atoms with Gasteiger partial charge in [-0.15, -0.1) is 12.4 Å². The summed E-state index contributed by atoms with van der Waals surface area (Å²) in [5.41, 5.74) is 7.20. The maximum atomic E-state index is 13.5. The fourth-order valence-electron chi connectivity index (χ4n) is 2.66. The second-order valence-corrected chi connectivity index (χ2v) is 5.44. The van der Waals surface area contributed by atoms with Gasteiger partial charge in [-0.3, -0.25) is 4.79 Å². The Morgan fingerprint density at radius 3 is 2.80 bits per heavy atom. The molecule has 5 heteroatoms. The van der Waals surface area contributed by atoms with Crippen LogP contribution in [0.25, 0.3) is 0 Å². The van der Waals surface area contributed by atoms with Crippen molar-refractivity contribution in [2.75, 3.05) is 5.32 Å². The summed E-state index contributed by atoms with van der Waals surface area (Å²) < 4.78 is 13.5. The van der Waals surface area contributed by atoms with Crippen LogP contribution in [0.4, 0.5) is 10.1 Å². The predicted molar refractivity (Wildman–Crippen MR) is 81.6 cm³/mol. The van der Waals surface area contributed by atoms with Gasteiger partial charge in [0.25, 0.3) is 0 Å². The quantitative estimate of drug-likeness (QED) is 0.899. The molecule has 1 fully saturated rings. The number of rotatable bonds is 3. The van der Waals surface area contributed by atoms with Gasteiger partial charge in [-0.25, -0.2) is 4.39 Å². The minimum absolute atomic E-state index is 0. The molecule has 3 N–H and O–H groups in total. The number of hydrogen-bond acceptors (Lipinski definition) is 2. The van der Waals surface area contributed by atoms with Gasteiger partial charge in [-0.05, 0) is 43.4 Å². The highest BCUT2D eigenvalue weighted by Gasteiger charge is 2.24. The molecule has 0 bridgehead atoms. The molecule has 2 atom stereocenters. The lowest BCUT2D eigenvalue weighted by Crippen LogP contribution is -2.35. The van der Waals surface area contributed by atoms with Crippen LogP contribution >= 0.6 is 12.4 Å². The summed E-state index contributed by atoms with van der Waals surface area (Å²) in [5.74, 6) is -0.319. The first-order valence-corrected chi connectivity index (χ1v) is 6.88. The van der Waals surface area contributed by atoms with Crippen LogP contribution in [0.1, 0.15) is 37.7 Å². The van der Waals surface area contributed by atoms with Gasteiger partial charge >= 0.3 is 0 Å². The maximum Gasteiger partial charge on any atom is 0.224 e. The summed E-state index contributed by atoms with van der Waals surface area (Å²) in [5, 5.41) is 2.65. The average molecular weight is 301 g/mol. The van der Waals surface area contributed by atoms with Gasteiger partial charge in [0.1, 0.15) is 5.82 Å². The van der Waals surface area contributed by atoms with E-state index in [1.807, 2.05) is 6.92 Å². The summed E-state index contributed by atoms with van der Waals surface area (Å²) in [6, 6.07) is 4.80. The largest absolute Gasteiger partial charge is 0.327 e. The summed E-state index contributed by atoms with van der Waals surface area (Å²) in [6.07, 6.45) is 4.63. The van der Waals surface area contributed by atoms with Crippen molar-refractivity contribution >= 4 is 24.0 Å². The lowest BCUT2D eigenvalue weighted by molar-refractivity contribution is -0.117. The molecule has 0 aromatic heterocycles. The lowest BCUT2D eigenvalue weighted by Gasteiger charge is -2.27. The average Bonchev–Trinajstić information content (AvgIpc) is 2.37.